The number of carbonyl (C=O) groups is 2. The Kier molecular flexibility index (Phi) is 10.3. The van der Waals surface area contributed by atoms with E-state index in [2.05, 4.69) is 10.2 Å². The summed E-state index contributed by atoms with van der Waals surface area (Å²) >= 11 is 0. The summed E-state index contributed by atoms with van der Waals surface area (Å²) in [6, 6.07) is 29.3. The third kappa shape index (κ3) is 8.55. The lowest BCUT2D eigenvalue weighted by Gasteiger charge is -2.32. The normalized spacial score (nSPS) is 14.6. The van der Waals surface area contributed by atoms with E-state index in [-0.39, 0.29) is 11.8 Å². The van der Waals surface area contributed by atoms with Gasteiger partial charge in [-0.25, -0.2) is 0 Å². The number of amides is 2. The van der Waals surface area contributed by atoms with Gasteiger partial charge in [-0.05, 0) is 23.1 Å². The van der Waals surface area contributed by atoms with Gasteiger partial charge in [-0.15, -0.1) is 0 Å². The van der Waals surface area contributed by atoms with Crippen LogP contribution in [0.1, 0.15) is 23.1 Å². The largest absolute Gasteiger partial charge is 0.379 e. The van der Waals surface area contributed by atoms with E-state index in [1.165, 1.54) is 0 Å². The lowest BCUT2D eigenvalue weighted by atomic mass is 10.0. The van der Waals surface area contributed by atoms with Gasteiger partial charge in [0.25, 0.3) is 0 Å². The van der Waals surface area contributed by atoms with E-state index in [0.29, 0.717) is 32.4 Å². The van der Waals surface area contributed by atoms with Crippen molar-refractivity contribution >= 4 is 11.8 Å². The molecule has 194 valence electrons. The highest BCUT2D eigenvalue weighted by molar-refractivity contribution is 5.88. The van der Waals surface area contributed by atoms with Crippen LogP contribution in [0.3, 0.4) is 0 Å². The summed E-state index contributed by atoms with van der Waals surface area (Å²) in [6.07, 6.45) is 1.46. The molecule has 1 aliphatic rings. The van der Waals surface area contributed by atoms with E-state index in [4.69, 9.17) is 4.74 Å². The summed E-state index contributed by atoms with van der Waals surface area (Å²) in [5.41, 5.74) is 3.16. The van der Waals surface area contributed by atoms with Gasteiger partial charge in [0.05, 0.1) is 13.2 Å². The summed E-state index contributed by atoms with van der Waals surface area (Å²) in [6.45, 7) is 4.91. The summed E-state index contributed by atoms with van der Waals surface area (Å²) < 4.78 is 5.43. The zero-order chi connectivity index (χ0) is 25.7. The highest BCUT2D eigenvalue weighted by Gasteiger charge is 2.30. The van der Waals surface area contributed by atoms with Crippen LogP contribution in [-0.4, -0.2) is 67.0 Å². The van der Waals surface area contributed by atoms with Crippen molar-refractivity contribution in [1.29, 1.82) is 0 Å². The minimum atomic E-state index is -0.601. The van der Waals surface area contributed by atoms with Crippen LogP contribution in [0.15, 0.2) is 91.0 Å². The molecule has 6 heteroatoms. The number of nitrogens with zero attached hydrogens (tertiary/aromatic N) is 2. The van der Waals surface area contributed by atoms with Gasteiger partial charge in [-0.3, -0.25) is 14.5 Å². The summed E-state index contributed by atoms with van der Waals surface area (Å²) in [5.74, 6) is -0.127. The Hall–Kier alpha value is -3.48. The second-order valence-corrected chi connectivity index (χ2v) is 9.44. The molecular weight excluding hydrogens is 462 g/mol. The SMILES string of the molecule is O=C(NCCN1CCOCC1)[C@H](Cc1ccccc1)N(Cc1ccccc1)C(=O)CCc1ccccc1. The summed E-state index contributed by atoms with van der Waals surface area (Å²) in [4.78, 5) is 31.4. The molecule has 3 aromatic carbocycles. The molecule has 0 saturated carbocycles. The van der Waals surface area contributed by atoms with Crippen LogP contribution in [0, 0.1) is 0 Å². The van der Waals surface area contributed by atoms with Gasteiger partial charge < -0.3 is 15.0 Å². The fourth-order valence-electron chi connectivity index (χ4n) is 4.65. The number of nitrogens with one attached hydrogen (secondary N) is 1. The molecule has 0 spiro atoms. The molecule has 2 amide bonds. The topological polar surface area (TPSA) is 61.9 Å². The average molecular weight is 500 g/mol. The molecule has 37 heavy (non-hydrogen) atoms. The predicted molar refractivity (Wildman–Crippen MR) is 146 cm³/mol. The van der Waals surface area contributed by atoms with E-state index >= 15 is 0 Å². The summed E-state index contributed by atoms with van der Waals surface area (Å²) in [5, 5.41) is 3.13. The van der Waals surface area contributed by atoms with Crippen molar-refractivity contribution in [3.8, 4) is 0 Å². The predicted octanol–water partition coefficient (Wildman–Crippen LogP) is 3.71. The third-order valence-electron chi connectivity index (χ3n) is 6.77. The van der Waals surface area contributed by atoms with Crippen molar-refractivity contribution in [3.05, 3.63) is 108 Å². The van der Waals surface area contributed by atoms with Gasteiger partial charge in [0.1, 0.15) is 6.04 Å². The van der Waals surface area contributed by atoms with Crippen LogP contribution in [0.4, 0.5) is 0 Å². The van der Waals surface area contributed by atoms with E-state index in [9.17, 15) is 9.59 Å². The van der Waals surface area contributed by atoms with Crippen molar-refractivity contribution in [3.63, 3.8) is 0 Å². The first-order chi connectivity index (χ1) is 18.2. The number of ether oxygens (including phenoxy) is 1. The van der Waals surface area contributed by atoms with Crippen molar-refractivity contribution < 1.29 is 14.3 Å². The van der Waals surface area contributed by atoms with E-state index in [1.807, 2.05) is 91.0 Å². The molecule has 1 saturated heterocycles. The quantitative estimate of drug-likeness (QED) is 0.413. The average Bonchev–Trinajstić information content (AvgIpc) is 2.96. The number of aryl methyl sites for hydroxylation is 1. The minimum absolute atomic E-state index is 0.0167. The van der Waals surface area contributed by atoms with Crippen molar-refractivity contribution in [2.24, 2.45) is 0 Å². The Morgan fingerprint density at radius 1 is 0.811 bits per heavy atom. The molecule has 0 unspecified atom stereocenters. The second kappa shape index (κ2) is 14.3. The number of carbonyl (C=O) groups excluding carboxylic acids is 2. The lowest BCUT2D eigenvalue weighted by Crippen LogP contribution is -2.52. The molecular formula is C31H37N3O3. The van der Waals surface area contributed by atoms with Crippen LogP contribution >= 0.6 is 0 Å². The maximum absolute atomic E-state index is 13.7. The summed E-state index contributed by atoms with van der Waals surface area (Å²) in [7, 11) is 0. The van der Waals surface area contributed by atoms with Gasteiger partial charge in [0, 0.05) is 45.6 Å². The highest BCUT2D eigenvalue weighted by Crippen LogP contribution is 2.17. The number of benzene rings is 3. The Labute approximate surface area is 220 Å². The standard InChI is InChI=1S/C31H37N3O3/c35-30(17-16-26-10-4-1-5-11-26)34(25-28-14-8-3-9-15-28)29(24-27-12-6-2-7-13-27)31(36)32-18-19-33-20-22-37-23-21-33/h1-15,29H,16-25H2,(H,32,36)/t29-/m0/s1. The molecule has 0 aromatic heterocycles. The van der Waals surface area contributed by atoms with Gasteiger partial charge in [-0.2, -0.15) is 0 Å². The van der Waals surface area contributed by atoms with Crippen LogP contribution < -0.4 is 5.32 Å². The van der Waals surface area contributed by atoms with Crippen molar-refractivity contribution in [2.75, 3.05) is 39.4 Å². The molecule has 4 rings (SSSR count). The molecule has 6 nitrogen and oxygen atoms in total. The molecule has 1 aliphatic heterocycles. The second-order valence-electron chi connectivity index (χ2n) is 9.44. The molecule has 0 aliphatic carbocycles. The highest BCUT2D eigenvalue weighted by atomic mass is 16.5. The number of morpholine rings is 1. The van der Waals surface area contributed by atoms with Crippen molar-refractivity contribution in [2.45, 2.75) is 31.8 Å². The first-order valence-corrected chi connectivity index (χ1v) is 13.2. The third-order valence-corrected chi connectivity index (χ3v) is 6.77. The van der Waals surface area contributed by atoms with Crippen LogP contribution in [-0.2, 0) is 33.7 Å². The number of rotatable bonds is 12. The molecule has 1 atom stereocenters. The maximum Gasteiger partial charge on any atom is 0.243 e. The molecule has 1 heterocycles. The van der Waals surface area contributed by atoms with Gasteiger partial charge in [0.2, 0.25) is 11.8 Å². The fourth-order valence-corrected chi connectivity index (χ4v) is 4.65. The Morgan fingerprint density at radius 2 is 1.38 bits per heavy atom. The first-order valence-electron chi connectivity index (χ1n) is 13.2. The number of hydrogen-bond donors (Lipinski definition) is 1. The van der Waals surface area contributed by atoms with Crippen molar-refractivity contribution in [1.82, 2.24) is 15.1 Å². The zero-order valence-corrected chi connectivity index (χ0v) is 21.4. The van der Waals surface area contributed by atoms with Crippen LogP contribution in [0.5, 0.6) is 0 Å². The maximum atomic E-state index is 13.7. The lowest BCUT2D eigenvalue weighted by molar-refractivity contribution is -0.141. The van der Waals surface area contributed by atoms with Gasteiger partial charge >= 0.3 is 0 Å². The monoisotopic (exact) mass is 499 g/mol. The van der Waals surface area contributed by atoms with Crippen LogP contribution in [0.2, 0.25) is 0 Å². The number of hydrogen-bond acceptors (Lipinski definition) is 4. The fraction of sp³-hybridized carbons (Fsp3) is 0.355. The molecule has 0 bridgehead atoms. The van der Waals surface area contributed by atoms with Gasteiger partial charge in [-0.1, -0.05) is 91.0 Å². The van der Waals surface area contributed by atoms with Crippen LogP contribution in [0.25, 0.3) is 0 Å². The Bertz CT molecular complexity index is 1090. The Morgan fingerprint density at radius 3 is 2.00 bits per heavy atom. The van der Waals surface area contributed by atoms with E-state index < -0.39 is 6.04 Å². The minimum Gasteiger partial charge on any atom is -0.379 e. The molecule has 0 radical (unpaired) electrons. The Balaban J connectivity index is 1.52. The smallest absolute Gasteiger partial charge is 0.243 e. The molecule has 1 fully saturated rings. The molecule has 1 N–H and O–H groups in total. The van der Waals surface area contributed by atoms with Gasteiger partial charge in [0.15, 0.2) is 0 Å². The van der Waals surface area contributed by atoms with E-state index in [1.54, 1.807) is 4.90 Å². The van der Waals surface area contributed by atoms with E-state index in [0.717, 1.165) is 49.5 Å². The first kappa shape index (κ1) is 26.6. The molecule has 3 aromatic rings. The zero-order valence-electron chi connectivity index (χ0n) is 21.4.